The summed E-state index contributed by atoms with van der Waals surface area (Å²) in [6.45, 7) is 26.3. The van der Waals surface area contributed by atoms with Gasteiger partial charge in [-0.3, -0.25) is 0 Å². The summed E-state index contributed by atoms with van der Waals surface area (Å²) in [5.74, 6) is 2.39. The Morgan fingerprint density at radius 2 is 0.532 bits per heavy atom. The molecule has 0 unspecified atom stereocenters. The second-order valence-electron chi connectivity index (χ2n) is 16.1. The molecule has 0 fully saturated rings. The van der Waals surface area contributed by atoms with Crippen LogP contribution < -0.4 is 24.8 Å². The summed E-state index contributed by atoms with van der Waals surface area (Å²) in [6.07, 6.45) is 0. The molecule has 8 aromatic carbocycles. The van der Waals surface area contributed by atoms with Crippen molar-refractivity contribution in [2.24, 2.45) is 0 Å². The van der Waals surface area contributed by atoms with Crippen LogP contribution in [-0.2, 0) is 70.2 Å². The minimum atomic E-state index is 0. The average Bonchev–Trinajstić information content (AvgIpc) is 3.98. The molecule has 0 heterocycles. The van der Waals surface area contributed by atoms with E-state index in [2.05, 4.69) is 179 Å². The minimum Gasteiger partial charge on any atom is -1.00 e. The molecule has 10 heteroatoms. The Bertz CT molecular complexity index is 2310. The predicted octanol–water partition coefficient (Wildman–Crippen LogP) is 11.2. The molecule has 0 aromatic heterocycles. The van der Waals surface area contributed by atoms with Crippen molar-refractivity contribution in [2.75, 3.05) is 0 Å². The molecule has 0 atom stereocenters. The maximum atomic E-state index is 5.87. The van der Waals surface area contributed by atoms with Gasteiger partial charge in [0.2, 0.25) is 0 Å². The van der Waals surface area contributed by atoms with Crippen molar-refractivity contribution in [3.8, 4) is 0 Å². The zero-order valence-corrected chi connectivity index (χ0v) is 49.8. The number of hydrogen-bond donors (Lipinski definition) is 0. The molecule has 0 aliphatic rings. The maximum absolute atomic E-state index is 5.87. The third-order valence-corrected chi connectivity index (χ3v) is 11.1. The van der Waals surface area contributed by atoms with E-state index in [1.165, 1.54) is 110 Å². The summed E-state index contributed by atoms with van der Waals surface area (Å²) in [5, 5.41) is 10.6. The molecule has 0 amide bonds. The first-order valence-corrected chi connectivity index (χ1v) is 34.8. The van der Waals surface area contributed by atoms with Gasteiger partial charge in [0.05, 0.1) is 0 Å². The third-order valence-electron chi connectivity index (χ3n) is 9.93. The molecule has 0 aliphatic carbocycles. The Labute approximate surface area is 435 Å². The summed E-state index contributed by atoms with van der Waals surface area (Å²) < 4.78 is 0. The molecule has 0 saturated heterocycles. The molecular formula is C52H60Cl6Si2Zr2-2. The van der Waals surface area contributed by atoms with Gasteiger partial charge in [0.25, 0.3) is 0 Å². The molecule has 8 rings (SSSR count). The SMILES string of the molecule is C[Si](C)=[Zr+2].C[Si](C)=[Zr+2].Cc1cc2c(CCl)ccc(C)c2[cH-]1.Cc1cc2c(CCl)ccc(C)c2[cH-]1.Cc1cc2c(CCl)ccc(C)c2[cH-]1.Cc1cc2c(CCl)ccc(C)c2[cH-]1.[Cl-].[Cl-]. The topological polar surface area (TPSA) is 0 Å². The van der Waals surface area contributed by atoms with Gasteiger partial charge in [-0.2, -0.15) is 24.3 Å². The Morgan fingerprint density at radius 1 is 0.371 bits per heavy atom. The molecule has 62 heavy (non-hydrogen) atoms. The van der Waals surface area contributed by atoms with Crippen molar-refractivity contribution in [1.29, 1.82) is 0 Å². The molecule has 328 valence electrons. The van der Waals surface area contributed by atoms with Crippen LogP contribution >= 0.6 is 46.4 Å². The summed E-state index contributed by atoms with van der Waals surface area (Å²) in [6, 6.07) is 34.7. The van der Waals surface area contributed by atoms with Crippen molar-refractivity contribution in [2.45, 2.75) is 105 Å². The van der Waals surface area contributed by atoms with Crippen molar-refractivity contribution in [3.63, 3.8) is 0 Å². The molecule has 0 aliphatic heterocycles. The number of aryl methyl sites for hydroxylation is 8. The van der Waals surface area contributed by atoms with Gasteiger partial charge in [0.15, 0.2) is 0 Å². The van der Waals surface area contributed by atoms with Crippen LogP contribution in [0.3, 0.4) is 0 Å². The van der Waals surface area contributed by atoms with E-state index in [4.69, 9.17) is 46.4 Å². The Kier molecular flexibility index (Phi) is 27.8. The van der Waals surface area contributed by atoms with Crippen molar-refractivity contribution in [3.05, 3.63) is 164 Å². The molecule has 0 nitrogen and oxygen atoms in total. The van der Waals surface area contributed by atoms with Gasteiger partial charge in [0, 0.05) is 23.5 Å². The van der Waals surface area contributed by atoms with Crippen molar-refractivity contribution >= 4 is 100 Å². The monoisotopic (exact) mass is 1130 g/mol. The Hall–Kier alpha value is -0.740. The Morgan fingerprint density at radius 3 is 0.677 bits per heavy atom. The predicted molar refractivity (Wildman–Crippen MR) is 269 cm³/mol. The summed E-state index contributed by atoms with van der Waals surface area (Å²) in [4.78, 5) is 0. The van der Waals surface area contributed by atoms with E-state index in [9.17, 15) is 0 Å². The summed E-state index contributed by atoms with van der Waals surface area (Å²) >= 11 is 26.9. The second-order valence-corrected chi connectivity index (χ2v) is 36.0. The molecule has 0 N–H and O–H groups in total. The zero-order valence-electron chi connectivity index (χ0n) is 38.3. The number of hydrogen-bond acceptors (Lipinski definition) is 0. The van der Waals surface area contributed by atoms with Gasteiger partial charge in [-0.25, -0.2) is 0 Å². The van der Waals surface area contributed by atoms with Gasteiger partial charge in [-0.05, 0) is 0 Å². The maximum Gasteiger partial charge on any atom is 0.0387 e. The number of halogens is 6. The fourth-order valence-electron chi connectivity index (χ4n) is 7.06. The van der Waals surface area contributed by atoms with E-state index in [-0.39, 0.29) is 35.7 Å². The van der Waals surface area contributed by atoms with Crippen LogP contribution in [0, 0.1) is 55.4 Å². The van der Waals surface area contributed by atoms with E-state index in [0.29, 0.717) is 23.5 Å². The number of benzene rings is 4. The van der Waals surface area contributed by atoms with Gasteiger partial charge in [-0.1, -0.05) is 102 Å². The van der Waals surface area contributed by atoms with Crippen LogP contribution in [0.2, 0.25) is 26.2 Å². The van der Waals surface area contributed by atoms with Crippen LogP contribution in [0.15, 0.2) is 97.1 Å². The van der Waals surface area contributed by atoms with Gasteiger partial charge in [0.1, 0.15) is 0 Å². The zero-order chi connectivity index (χ0) is 44.8. The molecule has 0 radical (unpaired) electrons. The third kappa shape index (κ3) is 17.5. The molecule has 0 bridgehead atoms. The molecular weight excluding hydrogens is 1080 g/mol. The van der Waals surface area contributed by atoms with E-state index in [0.717, 1.165) is 0 Å². The van der Waals surface area contributed by atoms with Crippen molar-refractivity contribution < 1.29 is 71.5 Å². The smallest absolute Gasteiger partial charge is 0.0387 e. The normalized spacial score (nSPS) is 10.1. The van der Waals surface area contributed by atoms with E-state index in [1.807, 2.05) is 0 Å². The average molecular weight is 1140 g/mol. The van der Waals surface area contributed by atoms with Gasteiger partial charge >= 0.3 is 83.7 Å². The molecule has 0 spiro atoms. The summed E-state index contributed by atoms with van der Waals surface area (Å²) in [7, 11) is 0. The number of alkyl halides is 4. The second kappa shape index (κ2) is 29.1. The molecule has 0 saturated carbocycles. The van der Waals surface area contributed by atoms with Crippen molar-refractivity contribution in [1.82, 2.24) is 0 Å². The summed E-state index contributed by atoms with van der Waals surface area (Å²) in [5.41, 5.74) is 15.9. The Balaban J connectivity index is 0.000000386. The quantitative estimate of drug-likeness (QED) is 0.0936. The number of fused-ring (bicyclic) bond motifs is 4. The first kappa shape index (κ1) is 59.3. The van der Waals surface area contributed by atoms with E-state index < -0.39 is 0 Å². The van der Waals surface area contributed by atoms with Crippen LogP contribution in [0.25, 0.3) is 43.1 Å². The largest absolute Gasteiger partial charge is 1.00 e. The van der Waals surface area contributed by atoms with Crippen LogP contribution in [0.4, 0.5) is 0 Å². The van der Waals surface area contributed by atoms with E-state index >= 15 is 0 Å². The standard InChI is InChI=1S/4C12H12Cl.2C2H6Si.2ClH.2Zr/c4*1-8-5-11-9(2)3-4-10(7-13)12(11)6-8;2*1-3-2;;;;/h4*3-6H,7H2,1-2H3;2*1-2H3;2*1H;;/q4*-1;;;;;2*+2/p-2. The fourth-order valence-corrected chi connectivity index (χ4v) is 8.00. The van der Waals surface area contributed by atoms with E-state index in [1.54, 1.807) is 46.7 Å². The van der Waals surface area contributed by atoms with Crippen LogP contribution in [0.1, 0.15) is 66.8 Å². The first-order chi connectivity index (χ1) is 28.3. The van der Waals surface area contributed by atoms with Crippen LogP contribution in [-0.4, -0.2) is 10.9 Å². The fraction of sp³-hybridized carbons (Fsp3) is 0.308. The molecule has 8 aromatic rings. The minimum absolute atomic E-state index is 0. The van der Waals surface area contributed by atoms with Crippen LogP contribution in [0.5, 0.6) is 0 Å². The first-order valence-electron chi connectivity index (χ1n) is 20.2. The van der Waals surface area contributed by atoms with Gasteiger partial charge in [-0.15, -0.1) is 183 Å². The number of rotatable bonds is 4. The van der Waals surface area contributed by atoms with Gasteiger partial charge < -0.3 is 24.8 Å².